The molecule has 0 fully saturated rings. The molecule has 0 aliphatic carbocycles. The fourth-order valence-electron chi connectivity index (χ4n) is 2.16. The van der Waals surface area contributed by atoms with Crippen molar-refractivity contribution in [1.29, 1.82) is 0 Å². The number of nitrogens with zero attached hydrogens (tertiary/aromatic N) is 1. The molecule has 2 aromatic rings. The summed E-state index contributed by atoms with van der Waals surface area (Å²) in [6.45, 7) is 8.16. The number of benzene rings is 1. The van der Waals surface area contributed by atoms with Gasteiger partial charge in [-0.05, 0) is 44.4 Å². The van der Waals surface area contributed by atoms with E-state index in [0.29, 0.717) is 13.2 Å². The second-order valence-corrected chi connectivity index (χ2v) is 4.37. The Balaban J connectivity index is 2.19. The van der Waals surface area contributed by atoms with Gasteiger partial charge in [0.05, 0.1) is 6.54 Å². The van der Waals surface area contributed by atoms with Crippen molar-refractivity contribution in [3.05, 3.63) is 36.0 Å². The van der Waals surface area contributed by atoms with E-state index in [-0.39, 0.29) is 6.29 Å². The van der Waals surface area contributed by atoms with Crippen molar-refractivity contribution in [2.75, 3.05) is 13.2 Å². The van der Waals surface area contributed by atoms with Gasteiger partial charge in [0, 0.05) is 24.9 Å². The first-order chi connectivity index (χ1) is 8.74. The summed E-state index contributed by atoms with van der Waals surface area (Å²) < 4.78 is 13.4. The van der Waals surface area contributed by atoms with Crippen molar-refractivity contribution >= 4 is 10.9 Å². The molecule has 0 aliphatic rings. The van der Waals surface area contributed by atoms with Crippen molar-refractivity contribution in [2.45, 2.75) is 33.6 Å². The highest BCUT2D eigenvalue weighted by Crippen LogP contribution is 2.18. The quantitative estimate of drug-likeness (QED) is 0.731. The van der Waals surface area contributed by atoms with Gasteiger partial charge in [-0.3, -0.25) is 0 Å². The Morgan fingerprint density at radius 2 is 1.83 bits per heavy atom. The van der Waals surface area contributed by atoms with E-state index in [0.717, 1.165) is 6.54 Å². The van der Waals surface area contributed by atoms with Crippen LogP contribution in [-0.2, 0) is 16.0 Å². The van der Waals surface area contributed by atoms with Crippen molar-refractivity contribution in [1.82, 2.24) is 4.57 Å². The van der Waals surface area contributed by atoms with E-state index in [2.05, 4.69) is 42.0 Å². The molecule has 0 aliphatic heterocycles. The first kappa shape index (κ1) is 13.1. The third-order valence-corrected chi connectivity index (χ3v) is 2.98. The lowest BCUT2D eigenvalue weighted by Gasteiger charge is -2.18. The predicted octanol–water partition coefficient (Wildman–Crippen LogP) is 3.35. The zero-order valence-corrected chi connectivity index (χ0v) is 11.3. The minimum Gasteiger partial charge on any atom is -0.351 e. The highest BCUT2D eigenvalue weighted by atomic mass is 16.7. The van der Waals surface area contributed by atoms with Gasteiger partial charge in [-0.1, -0.05) is 11.6 Å². The van der Waals surface area contributed by atoms with Crippen LogP contribution < -0.4 is 0 Å². The molecule has 1 aromatic heterocycles. The van der Waals surface area contributed by atoms with Crippen LogP contribution in [0.1, 0.15) is 19.4 Å². The molecule has 2 rings (SSSR count). The first-order valence-electron chi connectivity index (χ1n) is 6.53. The molecule has 0 N–H and O–H groups in total. The largest absolute Gasteiger partial charge is 0.351 e. The number of aromatic nitrogens is 1. The summed E-state index contributed by atoms with van der Waals surface area (Å²) in [6, 6.07) is 8.62. The Kier molecular flexibility index (Phi) is 4.39. The minimum atomic E-state index is -0.170. The van der Waals surface area contributed by atoms with E-state index < -0.39 is 0 Å². The Morgan fingerprint density at radius 3 is 2.50 bits per heavy atom. The van der Waals surface area contributed by atoms with Crippen molar-refractivity contribution in [2.24, 2.45) is 0 Å². The smallest absolute Gasteiger partial charge is 0.175 e. The molecule has 0 bridgehead atoms. The normalized spacial score (nSPS) is 11.6. The van der Waals surface area contributed by atoms with E-state index in [4.69, 9.17) is 9.47 Å². The molecule has 0 amide bonds. The van der Waals surface area contributed by atoms with E-state index in [1.54, 1.807) is 0 Å². The lowest BCUT2D eigenvalue weighted by molar-refractivity contribution is -0.143. The number of aryl methyl sites for hydroxylation is 1. The summed E-state index contributed by atoms with van der Waals surface area (Å²) in [5, 5.41) is 1.27. The molecule has 0 unspecified atom stereocenters. The van der Waals surface area contributed by atoms with Gasteiger partial charge < -0.3 is 14.0 Å². The van der Waals surface area contributed by atoms with Gasteiger partial charge in [-0.2, -0.15) is 0 Å². The fraction of sp³-hybridized carbons (Fsp3) is 0.467. The SMILES string of the molecule is CCOC(Cn1ccc2cc(C)ccc21)OCC. The van der Waals surface area contributed by atoms with Crippen molar-refractivity contribution < 1.29 is 9.47 Å². The molecular weight excluding hydrogens is 226 g/mol. The fourth-order valence-corrected chi connectivity index (χ4v) is 2.16. The maximum absolute atomic E-state index is 5.59. The average Bonchev–Trinajstić information content (AvgIpc) is 2.72. The van der Waals surface area contributed by atoms with E-state index in [1.807, 2.05) is 13.8 Å². The zero-order chi connectivity index (χ0) is 13.0. The standard InChI is InChI=1S/C15H21NO2/c1-4-17-15(18-5-2)11-16-9-8-13-10-12(3)6-7-14(13)16/h6-10,15H,4-5,11H2,1-3H3. The summed E-state index contributed by atoms with van der Waals surface area (Å²) in [5.41, 5.74) is 2.51. The van der Waals surface area contributed by atoms with Gasteiger partial charge >= 0.3 is 0 Å². The van der Waals surface area contributed by atoms with Crippen LogP contribution in [0.5, 0.6) is 0 Å². The van der Waals surface area contributed by atoms with Crippen LogP contribution in [0.2, 0.25) is 0 Å². The molecule has 1 heterocycles. The van der Waals surface area contributed by atoms with Crippen molar-refractivity contribution in [3.63, 3.8) is 0 Å². The highest BCUT2D eigenvalue weighted by molar-refractivity contribution is 5.80. The van der Waals surface area contributed by atoms with E-state index >= 15 is 0 Å². The van der Waals surface area contributed by atoms with Crippen LogP contribution >= 0.6 is 0 Å². The summed E-state index contributed by atoms with van der Waals surface area (Å²) in [7, 11) is 0. The zero-order valence-electron chi connectivity index (χ0n) is 11.3. The van der Waals surface area contributed by atoms with Crippen molar-refractivity contribution in [3.8, 4) is 0 Å². The van der Waals surface area contributed by atoms with Gasteiger partial charge in [0.15, 0.2) is 6.29 Å². The number of rotatable bonds is 6. The number of hydrogen-bond donors (Lipinski definition) is 0. The maximum atomic E-state index is 5.59. The van der Waals surface area contributed by atoms with Crippen LogP contribution in [0.25, 0.3) is 10.9 Å². The summed E-state index contributed by atoms with van der Waals surface area (Å²) in [6.07, 6.45) is 1.92. The van der Waals surface area contributed by atoms with Gasteiger partial charge in [0.2, 0.25) is 0 Å². The average molecular weight is 247 g/mol. The van der Waals surface area contributed by atoms with Crippen LogP contribution in [-0.4, -0.2) is 24.1 Å². The molecule has 0 radical (unpaired) electrons. The van der Waals surface area contributed by atoms with Crippen LogP contribution in [0.4, 0.5) is 0 Å². The molecule has 1 aromatic carbocycles. The van der Waals surface area contributed by atoms with Crippen LogP contribution in [0.15, 0.2) is 30.5 Å². The molecule has 3 nitrogen and oxygen atoms in total. The molecule has 0 atom stereocenters. The Hall–Kier alpha value is -1.32. The Morgan fingerprint density at radius 1 is 1.11 bits per heavy atom. The number of hydrogen-bond acceptors (Lipinski definition) is 2. The Labute approximate surface area is 108 Å². The first-order valence-corrected chi connectivity index (χ1v) is 6.53. The maximum Gasteiger partial charge on any atom is 0.175 e. The topological polar surface area (TPSA) is 23.4 Å². The third kappa shape index (κ3) is 2.92. The molecule has 18 heavy (non-hydrogen) atoms. The summed E-state index contributed by atoms with van der Waals surface area (Å²) in [5.74, 6) is 0. The predicted molar refractivity (Wildman–Crippen MR) is 73.7 cm³/mol. The molecule has 0 saturated carbocycles. The molecular formula is C15H21NO2. The second kappa shape index (κ2) is 6.03. The molecule has 98 valence electrons. The minimum absolute atomic E-state index is 0.170. The van der Waals surface area contributed by atoms with E-state index in [1.165, 1.54) is 16.5 Å². The third-order valence-electron chi connectivity index (χ3n) is 2.98. The summed E-state index contributed by atoms with van der Waals surface area (Å²) >= 11 is 0. The lowest BCUT2D eigenvalue weighted by atomic mass is 10.2. The van der Waals surface area contributed by atoms with Gasteiger partial charge in [-0.25, -0.2) is 0 Å². The van der Waals surface area contributed by atoms with Crippen LogP contribution in [0, 0.1) is 6.92 Å². The molecule has 0 spiro atoms. The van der Waals surface area contributed by atoms with E-state index in [9.17, 15) is 0 Å². The second-order valence-electron chi connectivity index (χ2n) is 4.37. The lowest BCUT2D eigenvalue weighted by Crippen LogP contribution is -2.23. The van der Waals surface area contributed by atoms with Gasteiger partial charge in [0.25, 0.3) is 0 Å². The number of ether oxygens (including phenoxy) is 2. The van der Waals surface area contributed by atoms with Crippen LogP contribution in [0.3, 0.4) is 0 Å². The summed E-state index contributed by atoms with van der Waals surface area (Å²) in [4.78, 5) is 0. The number of fused-ring (bicyclic) bond motifs is 1. The molecule has 0 saturated heterocycles. The van der Waals surface area contributed by atoms with Gasteiger partial charge in [-0.15, -0.1) is 0 Å². The highest BCUT2D eigenvalue weighted by Gasteiger charge is 2.10. The Bertz CT molecular complexity index is 498. The molecule has 3 heteroatoms. The monoisotopic (exact) mass is 247 g/mol. The van der Waals surface area contributed by atoms with Gasteiger partial charge in [0.1, 0.15) is 0 Å².